The van der Waals surface area contributed by atoms with E-state index in [-0.39, 0.29) is 10.5 Å². The standard InChI is InChI=1S/C14H19NO4S/c1-9-7-10(2)13(8-12(9)14(16)17)20(18,19)15-6-5-11-3-4-11/h7-8,11,15H,3-6H2,1-2H3,(H,16,17). The molecule has 2 N–H and O–H groups in total. The Morgan fingerprint density at radius 3 is 2.50 bits per heavy atom. The minimum atomic E-state index is -3.64. The van der Waals surface area contributed by atoms with E-state index in [2.05, 4.69) is 4.72 Å². The molecule has 2 rings (SSSR count). The van der Waals surface area contributed by atoms with Crippen LogP contribution in [0.1, 0.15) is 40.7 Å². The molecule has 0 aliphatic heterocycles. The Bertz CT molecular complexity index is 633. The highest BCUT2D eigenvalue weighted by molar-refractivity contribution is 7.89. The van der Waals surface area contributed by atoms with Crippen molar-refractivity contribution in [2.75, 3.05) is 6.54 Å². The molecule has 1 aromatic rings. The summed E-state index contributed by atoms with van der Waals surface area (Å²) in [7, 11) is -3.64. The molecule has 0 aromatic heterocycles. The largest absolute Gasteiger partial charge is 0.478 e. The van der Waals surface area contributed by atoms with Crippen LogP contribution in [0, 0.1) is 19.8 Å². The minimum absolute atomic E-state index is 0.0261. The predicted molar refractivity (Wildman–Crippen MR) is 75.4 cm³/mol. The van der Waals surface area contributed by atoms with Gasteiger partial charge < -0.3 is 5.11 Å². The van der Waals surface area contributed by atoms with Gasteiger partial charge in [-0.3, -0.25) is 0 Å². The van der Waals surface area contributed by atoms with Crippen LogP contribution in [-0.2, 0) is 10.0 Å². The Kier molecular flexibility index (Phi) is 4.15. The van der Waals surface area contributed by atoms with Crippen molar-refractivity contribution in [2.45, 2.75) is 38.0 Å². The van der Waals surface area contributed by atoms with Crippen LogP contribution in [0.2, 0.25) is 0 Å². The van der Waals surface area contributed by atoms with Gasteiger partial charge in [0.15, 0.2) is 0 Å². The molecule has 1 aliphatic rings. The smallest absolute Gasteiger partial charge is 0.335 e. The molecule has 1 aliphatic carbocycles. The van der Waals surface area contributed by atoms with E-state index in [4.69, 9.17) is 5.11 Å². The number of carboxylic acid groups (broad SMARTS) is 1. The SMILES string of the molecule is Cc1cc(C)c(S(=O)(=O)NCCC2CC2)cc1C(=O)O. The van der Waals surface area contributed by atoms with Crippen molar-refractivity contribution in [2.24, 2.45) is 5.92 Å². The van der Waals surface area contributed by atoms with E-state index in [0.29, 0.717) is 23.6 Å². The first-order chi connectivity index (χ1) is 9.31. The zero-order valence-electron chi connectivity index (χ0n) is 11.6. The fourth-order valence-electron chi connectivity index (χ4n) is 2.23. The van der Waals surface area contributed by atoms with Crippen molar-refractivity contribution in [1.29, 1.82) is 0 Å². The maximum atomic E-state index is 12.2. The van der Waals surface area contributed by atoms with Gasteiger partial charge in [-0.1, -0.05) is 18.9 Å². The van der Waals surface area contributed by atoms with Crippen LogP contribution in [0.4, 0.5) is 0 Å². The highest BCUT2D eigenvalue weighted by Gasteiger charge is 2.23. The summed E-state index contributed by atoms with van der Waals surface area (Å²) in [6, 6.07) is 2.84. The molecule has 0 bridgehead atoms. The molecule has 1 saturated carbocycles. The zero-order chi connectivity index (χ0) is 14.9. The third-order valence-electron chi connectivity index (χ3n) is 3.58. The second-order valence-electron chi connectivity index (χ2n) is 5.37. The van der Waals surface area contributed by atoms with Crippen molar-refractivity contribution in [3.05, 3.63) is 28.8 Å². The number of benzene rings is 1. The van der Waals surface area contributed by atoms with Crippen molar-refractivity contribution in [3.8, 4) is 0 Å². The number of carboxylic acids is 1. The van der Waals surface area contributed by atoms with Gasteiger partial charge in [-0.05, 0) is 43.4 Å². The maximum absolute atomic E-state index is 12.2. The van der Waals surface area contributed by atoms with Gasteiger partial charge in [0.05, 0.1) is 10.5 Å². The quantitative estimate of drug-likeness (QED) is 0.842. The Morgan fingerprint density at radius 1 is 1.30 bits per heavy atom. The van der Waals surface area contributed by atoms with Crippen LogP contribution in [0.5, 0.6) is 0 Å². The minimum Gasteiger partial charge on any atom is -0.478 e. The van der Waals surface area contributed by atoms with Crippen molar-refractivity contribution in [3.63, 3.8) is 0 Å². The monoisotopic (exact) mass is 297 g/mol. The summed E-state index contributed by atoms with van der Waals surface area (Å²) < 4.78 is 27.0. The van der Waals surface area contributed by atoms with Gasteiger partial charge in [0.2, 0.25) is 10.0 Å². The van der Waals surface area contributed by atoms with Gasteiger partial charge in [0.1, 0.15) is 0 Å². The number of hydrogen-bond donors (Lipinski definition) is 2. The molecular weight excluding hydrogens is 278 g/mol. The lowest BCUT2D eigenvalue weighted by molar-refractivity contribution is 0.0696. The fourth-order valence-corrected chi connectivity index (χ4v) is 3.53. The first-order valence-electron chi connectivity index (χ1n) is 6.65. The van der Waals surface area contributed by atoms with Crippen LogP contribution in [-0.4, -0.2) is 26.0 Å². The van der Waals surface area contributed by atoms with Gasteiger partial charge in [-0.25, -0.2) is 17.9 Å². The number of aromatic carboxylic acids is 1. The molecule has 0 spiro atoms. The van der Waals surface area contributed by atoms with Gasteiger partial charge in [-0.15, -0.1) is 0 Å². The summed E-state index contributed by atoms with van der Waals surface area (Å²) in [6.45, 7) is 3.74. The number of sulfonamides is 1. The van der Waals surface area contributed by atoms with Crippen molar-refractivity contribution >= 4 is 16.0 Å². The van der Waals surface area contributed by atoms with Crippen molar-refractivity contribution in [1.82, 2.24) is 4.72 Å². The maximum Gasteiger partial charge on any atom is 0.335 e. The van der Waals surface area contributed by atoms with Crippen LogP contribution in [0.25, 0.3) is 0 Å². The lowest BCUT2D eigenvalue weighted by atomic mass is 10.1. The number of hydrogen-bond acceptors (Lipinski definition) is 3. The Balaban J connectivity index is 2.24. The molecule has 0 atom stereocenters. The molecule has 1 fully saturated rings. The van der Waals surface area contributed by atoms with E-state index < -0.39 is 16.0 Å². The second kappa shape index (κ2) is 5.54. The van der Waals surface area contributed by atoms with E-state index in [1.165, 1.54) is 18.9 Å². The van der Waals surface area contributed by atoms with Gasteiger partial charge in [0, 0.05) is 6.54 Å². The van der Waals surface area contributed by atoms with E-state index in [0.717, 1.165) is 6.42 Å². The highest BCUT2D eigenvalue weighted by atomic mass is 32.2. The summed E-state index contributed by atoms with van der Waals surface area (Å²) in [6.07, 6.45) is 3.19. The van der Waals surface area contributed by atoms with Gasteiger partial charge >= 0.3 is 5.97 Å². The Hall–Kier alpha value is -1.40. The Labute approximate surface area is 119 Å². The van der Waals surface area contributed by atoms with E-state index in [1.54, 1.807) is 19.9 Å². The number of nitrogens with one attached hydrogen (secondary N) is 1. The first-order valence-corrected chi connectivity index (χ1v) is 8.14. The molecule has 0 amide bonds. The van der Waals surface area contributed by atoms with Crippen molar-refractivity contribution < 1.29 is 18.3 Å². The zero-order valence-corrected chi connectivity index (χ0v) is 12.5. The second-order valence-corrected chi connectivity index (χ2v) is 7.10. The normalized spacial score (nSPS) is 15.3. The summed E-state index contributed by atoms with van der Waals surface area (Å²) in [5.74, 6) is -0.469. The third-order valence-corrected chi connectivity index (χ3v) is 5.19. The van der Waals surface area contributed by atoms with E-state index >= 15 is 0 Å². The lowest BCUT2D eigenvalue weighted by Gasteiger charge is -2.11. The molecule has 0 radical (unpaired) electrons. The summed E-state index contributed by atoms with van der Waals surface area (Å²) in [5.41, 5.74) is 1.15. The molecule has 0 unspecified atom stereocenters. The predicted octanol–water partition coefficient (Wildman–Crippen LogP) is 2.08. The first kappa shape index (κ1) is 15.0. The average Bonchev–Trinajstić information content (AvgIpc) is 3.11. The summed E-state index contributed by atoms with van der Waals surface area (Å²) >= 11 is 0. The lowest BCUT2D eigenvalue weighted by Crippen LogP contribution is -2.26. The van der Waals surface area contributed by atoms with Crippen LogP contribution in [0.15, 0.2) is 17.0 Å². The third kappa shape index (κ3) is 3.37. The topological polar surface area (TPSA) is 83.5 Å². The van der Waals surface area contributed by atoms with Crippen LogP contribution >= 0.6 is 0 Å². The average molecular weight is 297 g/mol. The molecular formula is C14H19NO4S. The van der Waals surface area contributed by atoms with E-state index in [9.17, 15) is 13.2 Å². The molecule has 6 heteroatoms. The van der Waals surface area contributed by atoms with Gasteiger partial charge in [0.25, 0.3) is 0 Å². The molecule has 1 aromatic carbocycles. The molecule has 110 valence electrons. The Morgan fingerprint density at radius 2 is 1.95 bits per heavy atom. The number of rotatable bonds is 6. The number of carbonyl (C=O) groups is 1. The molecule has 0 heterocycles. The molecule has 5 nitrogen and oxygen atoms in total. The van der Waals surface area contributed by atoms with Crippen LogP contribution < -0.4 is 4.72 Å². The van der Waals surface area contributed by atoms with Crippen LogP contribution in [0.3, 0.4) is 0 Å². The summed E-state index contributed by atoms with van der Waals surface area (Å²) in [5, 5.41) is 9.09. The molecule has 0 saturated heterocycles. The molecule has 20 heavy (non-hydrogen) atoms. The summed E-state index contributed by atoms with van der Waals surface area (Å²) in [4.78, 5) is 11.2. The highest BCUT2D eigenvalue weighted by Crippen LogP contribution is 2.32. The van der Waals surface area contributed by atoms with E-state index in [1.807, 2.05) is 0 Å². The fraction of sp³-hybridized carbons (Fsp3) is 0.500. The van der Waals surface area contributed by atoms with Gasteiger partial charge in [-0.2, -0.15) is 0 Å². The number of aryl methyl sites for hydroxylation is 2.